The molecule has 3 rings (SSSR count). The number of aliphatic hydroxyl groups is 1. The Morgan fingerprint density at radius 1 is 1.19 bits per heavy atom. The minimum atomic E-state index is -0.107. The van der Waals surface area contributed by atoms with Gasteiger partial charge in [0.1, 0.15) is 5.82 Å². The SMILES string of the molecule is CC(C)[C@H](CO)Nc1nc(NCc2cccs2)cc(-c2cccnc2)n1. The molecular formula is C19H23N5OS. The van der Waals surface area contributed by atoms with Gasteiger partial charge in [0, 0.05) is 28.9 Å². The van der Waals surface area contributed by atoms with Crippen LogP contribution in [-0.4, -0.2) is 32.7 Å². The lowest BCUT2D eigenvalue weighted by atomic mass is 10.1. The van der Waals surface area contributed by atoms with Gasteiger partial charge >= 0.3 is 0 Å². The number of nitrogens with one attached hydrogen (secondary N) is 2. The third kappa shape index (κ3) is 4.77. The summed E-state index contributed by atoms with van der Waals surface area (Å²) < 4.78 is 0. The minimum Gasteiger partial charge on any atom is -0.394 e. The van der Waals surface area contributed by atoms with Crippen molar-refractivity contribution in [1.82, 2.24) is 15.0 Å². The molecule has 26 heavy (non-hydrogen) atoms. The summed E-state index contributed by atoms with van der Waals surface area (Å²) in [6.45, 7) is 4.83. The lowest BCUT2D eigenvalue weighted by molar-refractivity contribution is 0.248. The molecule has 0 bridgehead atoms. The predicted molar refractivity (Wildman–Crippen MR) is 106 cm³/mol. The molecule has 0 aliphatic rings. The van der Waals surface area contributed by atoms with Gasteiger partial charge in [0.2, 0.25) is 5.95 Å². The van der Waals surface area contributed by atoms with Gasteiger partial charge in [-0.15, -0.1) is 11.3 Å². The van der Waals surface area contributed by atoms with Crippen molar-refractivity contribution in [1.29, 1.82) is 0 Å². The smallest absolute Gasteiger partial charge is 0.225 e. The highest BCUT2D eigenvalue weighted by atomic mass is 32.1. The van der Waals surface area contributed by atoms with Crippen LogP contribution in [0, 0.1) is 5.92 Å². The van der Waals surface area contributed by atoms with Crippen molar-refractivity contribution in [2.75, 3.05) is 17.2 Å². The number of hydrogen-bond donors (Lipinski definition) is 3. The molecule has 7 heteroatoms. The minimum absolute atomic E-state index is 0.0239. The van der Waals surface area contributed by atoms with Gasteiger partial charge in [0.05, 0.1) is 24.9 Å². The van der Waals surface area contributed by atoms with Crippen LogP contribution in [0.5, 0.6) is 0 Å². The lowest BCUT2D eigenvalue weighted by Crippen LogP contribution is -2.30. The zero-order valence-corrected chi connectivity index (χ0v) is 15.7. The van der Waals surface area contributed by atoms with Crippen LogP contribution in [0.1, 0.15) is 18.7 Å². The Bertz CT molecular complexity index is 808. The Labute approximate surface area is 157 Å². The van der Waals surface area contributed by atoms with Crippen LogP contribution in [-0.2, 0) is 6.54 Å². The monoisotopic (exact) mass is 369 g/mol. The largest absolute Gasteiger partial charge is 0.394 e. The number of pyridine rings is 1. The quantitative estimate of drug-likeness (QED) is 0.562. The molecule has 0 unspecified atom stereocenters. The summed E-state index contributed by atoms with van der Waals surface area (Å²) in [6.07, 6.45) is 3.52. The van der Waals surface area contributed by atoms with E-state index in [0.717, 1.165) is 17.1 Å². The number of aliphatic hydroxyl groups excluding tert-OH is 1. The van der Waals surface area contributed by atoms with Crippen LogP contribution in [0.2, 0.25) is 0 Å². The summed E-state index contributed by atoms with van der Waals surface area (Å²) in [5, 5.41) is 18.3. The second kappa shape index (κ2) is 8.73. The van der Waals surface area contributed by atoms with E-state index in [1.54, 1.807) is 23.7 Å². The van der Waals surface area contributed by atoms with Crippen molar-refractivity contribution >= 4 is 23.1 Å². The van der Waals surface area contributed by atoms with E-state index in [2.05, 4.69) is 50.9 Å². The maximum atomic E-state index is 9.60. The fraction of sp³-hybridized carbons (Fsp3) is 0.316. The molecule has 1 atom stereocenters. The molecule has 3 aromatic heterocycles. The summed E-state index contributed by atoms with van der Waals surface area (Å²) in [7, 11) is 0. The summed E-state index contributed by atoms with van der Waals surface area (Å²) in [5.74, 6) is 1.48. The van der Waals surface area contributed by atoms with Crippen LogP contribution < -0.4 is 10.6 Å². The van der Waals surface area contributed by atoms with Crippen LogP contribution >= 0.6 is 11.3 Å². The van der Waals surface area contributed by atoms with E-state index in [1.165, 1.54) is 4.88 Å². The predicted octanol–water partition coefficient (Wildman–Crippen LogP) is 3.64. The molecule has 0 saturated heterocycles. The first kappa shape index (κ1) is 18.3. The first-order chi connectivity index (χ1) is 12.7. The van der Waals surface area contributed by atoms with Crippen molar-refractivity contribution in [3.63, 3.8) is 0 Å². The Kier molecular flexibility index (Phi) is 6.14. The molecule has 6 nitrogen and oxygen atoms in total. The van der Waals surface area contributed by atoms with Gasteiger partial charge < -0.3 is 15.7 Å². The first-order valence-electron chi connectivity index (χ1n) is 8.59. The van der Waals surface area contributed by atoms with E-state index in [9.17, 15) is 5.11 Å². The van der Waals surface area contributed by atoms with Gasteiger partial charge in [0.15, 0.2) is 0 Å². The number of nitrogens with zero attached hydrogens (tertiary/aromatic N) is 3. The molecule has 0 radical (unpaired) electrons. The van der Waals surface area contributed by atoms with E-state index in [4.69, 9.17) is 0 Å². The molecule has 3 N–H and O–H groups in total. The normalized spacial score (nSPS) is 12.2. The Hall–Kier alpha value is -2.51. The number of hydrogen-bond acceptors (Lipinski definition) is 7. The highest BCUT2D eigenvalue weighted by Crippen LogP contribution is 2.22. The standard InChI is InChI=1S/C19H23N5OS/c1-13(2)17(12-25)23-19-22-16(14-5-3-7-20-10-14)9-18(24-19)21-11-15-6-4-8-26-15/h3-10,13,17,25H,11-12H2,1-2H3,(H2,21,22,23,24)/t17-/m0/s1. The van der Waals surface area contributed by atoms with Gasteiger partial charge in [-0.1, -0.05) is 19.9 Å². The van der Waals surface area contributed by atoms with E-state index in [0.29, 0.717) is 12.5 Å². The Morgan fingerprint density at radius 2 is 2.08 bits per heavy atom. The Balaban J connectivity index is 1.88. The summed E-state index contributed by atoms with van der Waals surface area (Å²) in [4.78, 5) is 14.6. The second-order valence-corrected chi connectivity index (χ2v) is 7.35. The molecule has 3 aromatic rings. The molecule has 3 heterocycles. The van der Waals surface area contributed by atoms with Crippen LogP contribution in [0.4, 0.5) is 11.8 Å². The highest BCUT2D eigenvalue weighted by Gasteiger charge is 2.15. The molecule has 0 aliphatic carbocycles. The molecule has 0 spiro atoms. The Morgan fingerprint density at radius 3 is 2.73 bits per heavy atom. The molecular weight excluding hydrogens is 346 g/mol. The fourth-order valence-electron chi connectivity index (χ4n) is 2.44. The van der Waals surface area contributed by atoms with Gasteiger partial charge in [-0.3, -0.25) is 4.98 Å². The number of anilines is 2. The zero-order valence-electron chi connectivity index (χ0n) is 14.9. The topological polar surface area (TPSA) is 83.0 Å². The van der Waals surface area contributed by atoms with Crippen LogP contribution in [0.15, 0.2) is 48.1 Å². The lowest BCUT2D eigenvalue weighted by Gasteiger charge is -2.20. The highest BCUT2D eigenvalue weighted by molar-refractivity contribution is 7.09. The zero-order chi connectivity index (χ0) is 18.4. The summed E-state index contributed by atoms with van der Waals surface area (Å²) in [5.41, 5.74) is 1.70. The molecule has 136 valence electrons. The molecule has 0 aromatic carbocycles. The molecule has 0 fully saturated rings. The van der Waals surface area contributed by atoms with Gasteiger partial charge in [0.25, 0.3) is 0 Å². The van der Waals surface area contributed by atoms with Gasteiger partial charge in [-0.25, -0.2) is 4.98 Å². The van der Waals surface area contributed by atoms with Gasteiger partial charge in [-0.05, 0) is 29.5 Å². The second-order valence-electron chi connectivity index (χ2n) is 6.31. The van der Waals surface area contributed by atoms with Crippen molar-refractivity contribution in [3.05, 3.63) is 53.0 Å². The average molecular weight is 369 g/mol. The number of thiophene rings is 1. The van der Waals surface area contributed by atoms with Crippen molar-refractivity contribution in [3.8, 4) is 11.3 Å². The maximum Gasteiger partial charge on any atom is 0.225 e. The fourth-order valence-corrected chi connectivity index (χ4v) is 3.09. The molecule has 0 amide bonds. The van der Waals surface area contributed by atoms with Crippen LogP contribution in [0.3, 0.4) is 0 Å². The third-order valence-corrected chi connectivity index (χ3v) is 4.90. The van der Waals surface area contributed by atoms with Crippen molar-refractivity contribution < 1.29 is 5.11 Å². The van der Waals surface area contributed by atoms with Crippen LogP contribution in [0.25, 0.3) is 11.3 Å². The van der Waals surface area contributed by atoms with Crippen molar-refractivity contribution in [2.45, 2.75) is 26.4 Å². The maximum absolute atomic E-state index is 9.60. The number of rotatable bonds is 8. The van der Waals surface area contributed by atoms with E-state index >= 15 is 0 Å². The summed E-state index contributed by atoms with van der Waals surface area (Å²) >= 11 is 1.70. The molecule has 0 aliphatic heterocycles. The first-order valence-corrected chi connectivity index (χ1v) is 9.47. The van der Waals surface area contributed by atoms with E-state index < -0.39 is 0 Å². The third-order valence-electron chi connectivity index (χ3n) is 4.02. The number of aromatic nitrogens is 3. The van der Waals surface area contributed by atoms with E-state index in [-0.39, 0.29) is 18.6 Å². The molecule has 0 saturated carbocycles. The average Bonchev–Trinajstić information content (AvgIpc) is 3.18. The van der Waals surface area contributed by atoms with E-state index in [1.807, 2.05) is 24.3 Å². The van der Waals surface area contributed by atoms with Crippen molar-refractivity contribution in [2.24, 2.45) is 5.92 Å². The van der Waals surface area contributed by atoms with Gasteiger partial charge in [-0.2, -0.15) is 4.98 Å². The summed E-state index contributed by atoms with van der Waals surface area (Å²) in [6, 6.07) is 9.77.